The SMILES string of the molecule is CCCCCCCCCCCCCCCCCCCCCC(O)C(CO)NC(=O)CCCCCCCC/C=C\C=C/CCCCCOC(=O)CCCCCCCCCCCCCCCCCCCC. The average Bonchev–Trinajstić information content (AvgIpc) is 3.35. The molecule has 0 rings (SSSR count). The Morgan fingerprint density at radius 1 is 0.406 bits per heavy atom. The molecule has 408 valence electrons. The zero-order valence-electron chi connectivity index (χ0n) is 46.6. The summed E-state index contributed by atoms with van der Waals surface area (Å²) in [7, 11) is 0. The van der Waals surface area contributed by atoms with Gasteiger partial charge in [0.05, 0.1) is 25.4 Å². The molecule has 0 fully saturated rings. The van der Waals surface area contributed by atoms with E-state index < -0.39 is 12.1 Å². The van der Waals surface area contributed by atoms with Crippen LogP contribution in [0.15, 0.2) is 24.3 Å². The van der Waals surface area contributed by atoms with Gasteiger partial charge >= 0.3 is 5.97 Å². The summed E-state index contributed by atoms with van der Waals surface area (Å²) in [5.41, 5.74) is 0. The highest BCUT2D eigenvalue weighted by Crippen LogP contribution is 2.18. The van der Waals surface area contributed by atoms with Gasteiger partial charge in [-0.3, -0.25) is 9.59 Å². The summed E-state index contributed by atoms with van der Waals surface area (Å²) in [6.07, 6.45) is 71.8. The van der Waals surface area contributed by atoms with Crippen LogP contribution in [0.2, 0.25) is 0 Å². The molecule has 3 N–H and O–H groups in total. The predicted molar refractivity (Wildman–Crippen MR) is 301 cm³/mol. The predicted octanol–water partition coefficient (Wildman–Crippen LogP) is 19.4. The molecule has 0 aliphatic heterocycles. The zero-order valence-corrected chi connectivity index (χ0v) is 46.6. The summed E-state index contributed by atoms with van der Waals surface area (Å²) in [5.74, 6) is -0.0709. The van der Waals surface area contributed by atoms with Crippen molar-refractivity contribution in [2.24, 2.45) is 0 Å². The Balaban J connectivity index is 3.48. The fourth-order valence-corrected chi connectivity index (χ4v) is 9.75. The highest BCUT2D eigenvalue weighted by molar-refractivity contribution is 5.76. The van der Waals surface area contributed by atoms with Crippen molar-refractivity contribution in [3.8, 4) is 0 Å². The van der Waals surface area contributed by atoms with Crippen molar-refractivity contribution in [3.05, 3.63) is 24.3 Å². The summed E-state index contributed by atoms with van der Waals surface area (Å²) in [6.45, 7) is 4.93. The molecule has 0 bridgehead atoms. The van der Waals surface area contributed by atoms with Crippen molar-refractivity contribution in [3.63, 3.8) is 0 Å². The summed E-state index contributed by atoms with van der Waals surface area (Å²) in [6, 6.07) is -0.558. The third kappa shape index (κ3) is 55.5. The highest BCUT2D eigenvalue weighted by atomic mass is 16.5. The van der Waals surface area contributed by atoms with Crippen molar-refractivity contribution < 1.29 is 24.5 Å². The molecule has 0 spiro atoms. The van der Waals surface area contributed by atoms with Crippen LogP contribution in [0.3, 0.4) is 0 Å². The lowest BCUT2D eigenvalue weighted by molar-refractivity contribution is -0.143. The second kappa shape index (κ2) is 58.9. The summed E-state index contributed by atoms with van der Waals surface area (Å²) >= 11 is 0. The third-order valence-electron chi connectivity index (χ3n) is 14.5. The van der Waals surface area contributed by atoms with E-state index >= 15 is 0 Å². The Morgan fingerprint density at radius 3 is 1.07 bits per heavy atom. The van der Waals surface area contributed by atoms with Crippen LogP contribution in [-0.4, -0.2) is 47.4 Å². The van der Waals surface area contributed by atoms with Gasteiger partial charge in [0.25, 0.3) is 0 Å². The summed E-state index contributed by atoms with van der Waals surface area (Å²) in [4.78, 5) is 24.6. The van der Waals surface area contributed by atoms with Gasteiger partial charge in [0.2, 0.25) is 5.91 Å². The number of unbranched alkanes of at least 4 members (excludes halogenated alkanes) is 44. The minimum atomic E-state index is -0.679. The van der Waals surface area contributed by atoms with E-state index in [9.17, 15) is 19.8 Å². The van der Waals surface area contributed by atoms with Crippen molar-refractivity contribution in [2.45, 2.75) is 353 Å². The molecule has 2 atom stereocenters. The molecule has 6 nitrogen and oxygen atoms in total. The molecule has 0 aliphatic rings. The number of allylic oxidation sites excluding steroid dienone is 4. The normalized spacial score (nSPS) is 12.7. The molecule has 6 heteroatoms. The van der Waals surface area contributed by atoms with Gasteiger partial charge in [-0.05, 0) is 57.8 Å². The summed E-state index contributed by atoms with van der Waals surface area (Å²) in [5, 5.41) is 23.3. The quantitative estimate of drug-likeness (QED) is 0.0321. The Labute approximate surface area is 431 Å². The van der Waals surface area contributed by atoms with E-state index in [1.54, 1.807) is 0 Å². The fourth-order valence-electron chi connectivity index (χ4n) is 9.75. The van der Waals surface area contributed by atoms with Crippen LogP contribution in [0.1, 0.15) is 341 Å². The molecule has 0 aromatic carbocycles. The lowest BCUT2D eigenvalue weighted by Gasteiger charge is -2.22. The molecule has 2 unspecified atom stereocenters. The van der Waals surface area contributed by atoms with E-state index in [4.69, 9.17) is 4.74 Å². The molecular weight excluding hydrogens is 851 g/mol. The molecule has 0 aliphatic carbocycles. The van der Waals surface area contributed by atoms with E-state index in [0.29, 0.717) is 25.9 Å². The first-order valence-electron chi connectivity index (χ1n) is 31.1. The number of hydrogen-bond donors (Lipinski definition) is 3. The largest absolute Gasteiger partial charge is 0.466 e. The van der Waals surface area contributed by atoms with Crippen LogP contribution in [0.5, 0.6) is 0 Å². The van der Waals surface area contributed by atoms with Crippen LogP contribution < -0.4 is 5.32 Å². The number of hydrogen-bond acceptors (Lipinski definition) is 5. The number of aliphatic hydroxyl groups excluding tert-OH is 2. The number of amides is 1. The maximum Gasteiger partial charge on any atom is 0.305 e. The van der Waals surface area contributed by atoms with Crippen molar-refractivity contribution >= 4 is 11.9 Å². The van der Waals surface area contributed by atoms with Gasteiger partial charge in [0.1, 0.15) is 0 Å². The average molecular weight is 973 g/mol. The molecule has 1 amide bonds. The molecular formula is C63H121NO5. The van der Waals surface area contributed by atoms with Gasteiger partial charge in [-0.2, -0.15) is 0 Å². The minimum Gasteiger partial charge on any atom is -0.466 e. The number of ether oxygens (including phenoxy) is 1. The lowest BCUT2D eigenvalue weighted by atomic mass is 10.0. The first-order chi connectivity index (χ1) is 34.0. The second-order valence-corrected chi connectivity index (χ2v) is 21.4. The Hall–Kier alpha value is -1.66. The number of aliphatic hydroxyl groups is 2. The maximum atomic E-state index is 12.5. The van der Waals surface area contributed by atoms with E-state index in [1.807, 2.05) is 0 Å². The van der Waals surface area contributed by atoms with Gasteiger partial charge in [0.15, 0.2) is 0 Å². The number of esters is 1. The number of carbonyl (C=O) groups excluding carboxylic acids is 2. The number of nitrogens with one attached hydrogen (secondary N) is 1. The van der Waals surface area contributed by atoms with Crippen molar-refractivity contribution in [1.82, 2.24) is 5.32 Å². The number of carbonyl (C=O) groups is 2. The molecule has 0 heterocycles. The lowest BCUT2D eigenvalue weighted by Crippen LogP contribution is -2.45. The van der Waals surface area contributed by atoms with E-state index in [2.05, 4.69) is 43.5 Å². The number of rotatable bonds is 58. The van der Waals surface area contributed by atoms with Crippen LogP contribution in [0, 0.1) is 0 Å². The monoisotopic (exact) mass is 972 g/mol. The highest BCUT2D eigenvalue weighted by Gasteiger charge is 2.20. The van der Waals surface area contributed by atoms with Crippen LogP contribution in [0.25, 0.3) is 0 Å². The van der Waals surface area contributed by atoms with E-state index in [0.717, 1.165) is 77.0 Å². The van der Waals surface area contributed by atoms with Gasteiger partial charge < -0.3 is 20.3 Å². The molecule has 0 aromatic heterocycles. The Morgan fingerprint density at radius 2 is 0.710 bits per heavy atom. The molecule has 0 radical (unpaired) electrons. The molecule has 0 saturated heterocycles. The van der Waals surface area contributed by atoms with Gasteiger partial charge in [-0.1, -0.05) is 295 Å². The zero-order chi connectivity index (χ0) is 50.0. The van der Waals surface area contributed by atoms with Gasteiger partial charge in [-0.15, -0.1) is 0 Å². The van der Waals surface area contributed by atoms with E-state index in [-0.39, 0.29) is 18.5 Å². The molecule has 0 saturated carbocycles. The third-order valence-corrected chi connectivity index (χ3v) is 14.5. The first-order valence-corrected chi connectivity index (χ1v) is 31.1. The second-order valence-electron chi connectivity index (χ2n) is 21.4. The maximum absolute atomic E-state index is 12.5. The van der Waals surface area contributed by atoms with Crippen molar-refractivity contribution in [2.75, 3.05) is 13.2 Å². The molecule has 69 heavy (non-hydrogen) atoms. The molecule has 0 aromatic rings. The van der Waals surface area contributed by atoms with Crippen LogP contribution in [-0.2, 0) is 14.3 Å². The van der Waals surface area contributed by atoms with Crippen LogP contribution >= 0.6 is 0 Å². The van der Waals surface area contributed by atoms with Gasteiger partial charge in [0, 0.05) is 12.8 Å². The summed E-state index contributed by atoms with van der Waals surface area (Å²) < 4.78 is 5.47. The topological polar surface area (TPSA) is 95.9 Å². The van der Waals surface area contributed by atoms with E-state index in [1.165, 1.54) is 231 Å². The fraction of sp³-hybridized carbons (Fsp3) is 0.905. The van der Waals surface area contributed by atoms with Gasteiger partial charge in [-0.25, -0.2) is 0 Å². The Kier molecular flexibility index (Phi) is 57.5. The smallest absolute Gasteiger partial charge is 0.305 e. The minimum absolute atomic E-state index is 0.0165. The Bertz CT molecular complexity index is 1080. The first kappa shape index (κ1) is 67.3. The standard InChI is InChI=1S/C63H121NO5/c1-3-5-7-9-11-13-15-17-19-21-23-24-27-31-35-39-43-47-51-55-61(66)60(59-65)64-62(67)56-52-48-44-40-36-32-28-26-30-34-38-42-46-50-54-58-69-63(68)57-53-49-45-41-37-33-29-25-22-20-18-16-14-12-10-8-6-4-2/h26,30,34,38,60-61,65-66H,3-25,27-29,31-33,35-37,39-59H2,1-2H3,(H,64,67)/b30-26-,38-34-. The van der Waals surface area contributed by atoms with Crippen molar-refractivity contribution in [1.29, 1.82) is 0 Å². The van der Waals surface area contributed by atoms with Crippen LogP contribution in [0.4, 0.5) is 0 Å².